The number of benzene rings is 1. The molecule has 0 spiro atoms. The highest BCUT2D eigenvalue weighted by Gasteiger charge is 2.45. The zero-order valence-electron chi connectivity index (χ0n) is 18.3. The minimum Gasteiger partial charge on any atom is -0.396 e. The third-order valence-corrected chi connectivity index (χ3v) is 3.64. The first kappa shape index (κ1) is 24.9. The Labute approximate surface area is 176 Å². The van der Waals surface area contributed by atoms with Gasteiger partial charge in [0.25, 0.3) is 5.91 Å². The van der Waals surface area contributed by atoms with E-state index in [-0.39, 0.29) is 36.5 Å². The molecule has 1 aromatic rings. The maximum atomic E-state index is 13.1. The molecule has 0 unspecified atom stereocenters. The summed E-state index contributed by atoms with van der Waals surface area (Å²) >= 11 is 0. The number of anilines is 1. The van der Waals surface area contributed by atoms with Crippen molar-refractivity contribution in [2.75, 3.05) is 32.1 Å². The number of nitrogens with zero attached hydrogens (tertiary/aromatic N) is 2. The number of aliphatic imine (C=N–C) groups is 1. The van der Waals surface area contributed by atoms with Crippen LogP contribution >= 0.6 is 0 Å². The van der Waals surface area contributed by atoms with Gasteiger partial charge in [-0.05, 0) is 30.4 Å². The van der Waals surface area contributed by atoms with Gasteiger partial charge in [0.15, 0.2) is 17.5 Å². The smallest absolute Gasteiger partial charge is 0.396 e. The van der Waals surface area contributed by atoms with Crippen molar-refractivity contribution in [3.05, 3.63) is 53.5 Å². The first-order valence-electron chi connectivity index (χ1n) is 9.88. The summed E-state index contributed by atoms with van der Waals surface area (Å²) in [5, 5.41) is 5.53. The number of ether oxygens (including phenoxy) is 2. The molecule has 1 fully saturated rings. The molecular weight excluding hydrogens is 394 g/mol. The number of alkyl halides is 2. The number of hydrogen-bond acceptors (Lipinski definition) is 6. The van der Waals surface area contributed by atoms with Gasteiger partial charge in [0.05, 0.1) is 6.54 Å². The van der Waals surface area contributed by atoms with Crippen molar-refractivity contribution >= 4 is 17.6 Å². The number of guanidine groups is 1. The molecule has 2 aliphatic rings. The Balaban J connectivity index is 0.00000106. The molecule has 2 heterocycles. The molecule has 0 radical (unpaired) electrons. The quantitative estimate of drug-likeness (QED) is 0.754. The van der Waals surface area contributed by atoms with Crippen LogP contribution in [0.3, 0.4) is 0 Å². The van der Waals surface area contributed by atoms with Gasteiger partial charge >= 0.3 is 6.29 Å². The number of amides is 1. The van der Waals surface area contributed by atoms with Crippen molar-refractivity contribution in [2.24, 2.45) is 4.99 Å². The first-order valence-corrected chi connectivity index (χ1v) is 9.88. The van der Waals surface area contributed by atoms with Crippen LogP contribution in [0.15, 0.2) is 52.9 Å². The topological polar surface area (TPSA) is 75.2 Å². The monoisotopic (exact) mass is 424 g/mol. The molecule has 30 heavy (non-hydrogen) atoms. The van der Waals surface area contributed by atoms with Gasteiger partial charge in [-0.3, -0.25) is 10.1 Å². The SMILES string of the molecule is CC.CC.CN(C)c1cccc(C(=O)NC2=NC/C=C3/OC(F)(F)O/C3=C/CN2)c1. The zero-order valence-corrected chi connectivity index (χ0v) is 18.3. The number of halogens is 2. The van der Waals surface area contributed by atoms with E-state index in [9.17, 15) is 13.6 Å². The minimum atomic E-state index is -3.67. The van der Waals surface area contributed by atoms with Crippen molar-refractivity contribution in [3.63, 3.8) is 0 Å². The van der Waals surface area contributed by atoms with Gasteiger partial charge in [-0.1, -0.05) is 33.8 Å². The lowest BCUT2D eigenvalue weighted by Crippen LogP contribution is -2.41. The van der Waals surface area contributed by atoms with Crippen LogP contribution in [0.1, 0.15) is 38.1 Å². The van der Waals surface area contributed by atoms with Crippen molar-refractivity contribution in [3.8, 4) is 0 Å². The Morgan fingerprint density at radius 2 is 1.77 bits per heavy atom. The maximum Gasteiger partial charge on any atom is 0.586 e. The highest BCUT2D eigenvalue weighted by atomic mass is 19.3. The largest absolute Gasteiger partial charge is 0.586 e. The van der Waals surface area contributed by atoms with E-state index in [1.54, 1.807) is 18.2 Å². The van der Waals surface area contributed by atoms with Gasteiger partial charge in [-0.15, -0.1) is 8.78 Å². The van der Waals surface area contributed by atoms with Gasteiger partial charge < -0.3 is 19.7 Å². The summed E-state index contributed by atoms with van der Waals surface area (Å²) in [5.41, 5.74) is 1.36. The Kier molecular flexibility index (Phi) is 9.80. The molecule has 1 amide bonds. The van der Waals surface area contributed by atoms with Gasteiger partial charge in [0, 0.05) is 31.9 Å². The summed E-state index contributed by atoms with van der Waals surface area (Å²) in [5.74, 6) is -0.250. The molecule has 3 rings (SSSR count). The first-order chi connectivity index (χ1) is 14.3. The van der Waals surface area contributed by atoms with Crippen molar-refractivity contribution in [2.45, 2.75) is 34.0 Å². The van der Waals surface area contributed by atoms with Gasteiger partial charge in [-0.25, -0.2) is 4.99 Å². The van der Waals surface area contributed by atoms with E-state index in [1.807, 2.05) is 52.8 Å². The number of carbonyl (C=O) groups excluding carboxylic acids is 1. The fourth-order valence-electron chi connectivity index (χ4n) is 2.37. The lowest BCUT2D eigenvalue weighted by atomic mass is 10.2. The molecule has 9 heteroatoms. The molecule has 0 aromatic heterocycles. The maximum absolute atomic E-state index is 13.1. The number of hydrogen-bond donors (Lipinski definition) is 2. The third-order valence-electron chi connectivity index (χ3n) is 3.64. The van der Waals surface area contributed by atoms with E-state index < -0.39 is 6.29 Å². The predicted molar refractivity (Wildman–Crippen MR) is 115 cm³/mol. The summed E-state index contributed by atoms with van der Waals surface area (Å²) in [4.78, 5) is 18.5. The lowest BCUT2D eigenvalue weighted by molar-refractivity contribution is -0.326. The van der Waals surface area contributed by atoms with Crippen LogP contribution in [-0.4, -0.2) is 45.3 Å². The van der Waals surface area contributed by atoms with Crippen LogP contribution < -0.4 is 15.5 Å². The van der Waals surface area contributed by atoms with E-state index in [1.165, 1.54) is 12.2 Å². The van der Waals surface area contributed by atoms with Crippen molar-refractivity contribution in [1.29, 1.82) is 0 Å². The molecule has 1 aromatic carbocycles. The summed E-state index contributed by atoms with van der Waals surface area (Å²) in [7, 11) is 3.76. The standard InChI is InChI=1S/C17H18F2N4O3.2C2H6/c1-23(2)12-5-3-4-11(10-12)15(24)22-16-20-8-6-13-14(7-9-21-16)26-17(18,19)25-13;2*1-2/h3-7,10H,8-9H2,1-2H3,(H2,20,21,22,24);2*1-2H3/b13-6+,14-7+;;. The number of carbonyl (C=O) groups is 1. The van der Waals surface area contributed by atoms with Crippen molar-refractivity contribution < 1.29 is 23.0 Å². The van der Waals surface area contributed by atoms with E-state index in [4.69, 9.17) is 0 Å². The number of rotatable bonds is 2. The molecule has 0 saturated carbocycles. The second-order valence-corrected chi connectivity index (χ2v) is 5.77. The van der Waals surface area contributed by atoms with E-state index in [2.05, 4.69) is 25.1 Å². The normalized spacial score (nSPS) is 19.7. The van der Waals surface area contributed by atoms with Crippen LogP contribution in [0.2, 0.25) is 0 Å². The third kappa shape index (κ3) is 7.06. The predicted octanol–water partition coefficient (Wildman–Crippen LogP) is 3.86. The minimum absolute atomic E-state index is 0.0342. The van der Waals surface area contributed by atoms with E-state index in [0.29, 0.717) is 5.56 Å². The van der Waals surface area contributed by atoms with E-state index >= 15 is 0 Å². The molecule has 1 saturated heterocycles. The van der Waals surface area contributed by atoms with Gasteiger partial charge in [0.1, 0.15) is 0 Å². The second kappa shape index (κ2) is 11.8. The molecule has 2 aliphatic heterocycles. The van der Waals surface area contributed by atoms with Crippen molar-refractivity contribution in [1.82, 2.24) is 10.6 Å². The molecule has 0 atom stereocenters. The fourth-order valence-corrected chi connectivity index (χ4v) is 2.37. The Morgan fingerprint density at radius 1 is 1.13 bits per heavy atom. The summed E-state index contributed by atoms with van der Waals surface area (Å²) in [6.07, 6.45) is -0.917. The average molecular weight is 424 g/mol. The van der Waals surface area contributed by atoms with Gasteiger partial charge in [-0.2, -0.15) is 0 Å². The molecule has 0 aliphatic carbocycles. The molecular formula is C21H30F2N4O3. The van der Waals surface area contributed by atoms with Gasteiger partial charge in [0.2, 0.25) is 0 Å². The Hall–Kier alpha value is -3.10. The Bertz CT molecular complexity index is 805. The van der Waals surface area contributed by atoms with Crippen LogP contribution in [0.25, 0.3) is 0 Å². The highest BCUT2D eigenvalue weighted by Crippen LogP contribution is 2.36. The Morgan fingerprint density at radius 3 is 2.40 bits per heavy atom. The van der Waals surface area contributed by atoms with Crippen LogP contribution in [-0.2, 0) is 9.47 Å². The highest BCUT2D eigenvalue weighted by molar-refractivity contribution is 6.06. The van der Waals surface area contributed by atoms with E-state index in [0.717, 1.165) is 5.69 Å². The average Bonchev–Trinajstić information content (AvgIpc) is 3.07. The summed E-state index contributed by atoms with van der Waals surface area (Å²) in [6, 6.07) is 7.12. The summed E-state index contributed by atoms with van der Waals surface area (Å²) in [6.45, 7) is 8.16. The molecule has 0 bridgehead atoms. The number of fused-ring (bicyclic) bond motifs is 1. The van der Waals surface area contributed by atoms with Crippen LogP contribution in [0, 0.1) is 0 Å². The fraction of sp³-hybridized carbons (Fsp3) is 0.429. The lowest BCUT2D eigenvalue weighted by Gasteiger charge is -2.14. The molecule has 7 nitrogen and oxygen atoms in total. The van der Waals surface area contributed by atoms with Crippen LogP contribution in [0.5, 0.6) is 0 Å². The van der Waals surface area contributed by atoms with Crippen LogP contribution in [0.4, 0.5) is 14.5 Å². The summed E-state index contributed by atoms with van der Waals surface area (Å²) < 4.78 is 35.0. The molecule has 166 valence electrons. The number of nitrogens with one attached hydrogen (secondary N) is 2. The second-order valence-electron chi connectivity index (χ2n) is 5.77. The molecule has 2 N–H and O–H groups in total. The zero-order chi connectivity index (χ0) is 22.7.